The second kappa shape index (κ2) is 7.43. The van der Waals surface area contributed by atoms with Gasteiger partial charge in [-0.1, -0.05) is 20.8 Å². The van der Waals surface area contributed by atoms with E-state index in [1.165, 1.54) is 5.56 Å². The molecule has 4 heteroatoms. The van der Waals surface area contributed by atoms with Crippen LogP contribution in [0.25, 0.3) is 0 Å². The Morgan fingerprint density at radius 1 is 1.21 bits per heavy atom. The molecule has 0 aliphatic carbocycles. The molecule has 1 aromatic heterocycles. The minimum atomic E-state index is 0.447. The minimum Gasteiger partial charge on any atom is -0.370 e. The van der Waals surface area contributed by atoms with E-state index in [2.05, 4.69) is 57.0 Å². The summed E-state index contributed by atoms with van der Waals surface area (Å²) in [5, 5.41) is 3.45. The zero-order valence-electron chi connectivity index (χ0n) is 13.2. The molecule has 0 amide bonds. The van der Waals surface area contributed by atoms with Crippen molar-refractivity contribution >= 4 is 5.82 Å². The van der Waals surface area contributed by atoms with Crippen molar-refractivity contribution in [2.75, 3.05) is 32.5 Å². The molecule has 0 radical (unpaired) electrons. The van der Waals surface area contributed by atoms with Gasteiger partial charge in [-0.3, -0.25) is 0 Å². The molecule has 4 nitrogen and oxygen atoms in total. The van der Waals surface area contributed by atoms with Gasteiger partial charge in [0, 0.05) is 30.8 Å². The Kier molecular flexibility index (Phi) is 6.22. The molecule has 0 unspecified atom stereocenters. The van der Waals surface area contributed by atoms with Gasteiger partial charge in [0.1, 0.15) is 11.6 Å². The van der Waals surface area contributed by atoms with Gasteiger partial charge in [0.25, 0.3) is 0 Å². The van der Waals surface area contributed by atoms with E-state index in [0.29, 0.717) is 5.92 Å². The van der Waals surface area contributed by atoms with Crippen molar-refractivity contribution in [2.24, 2.45) is 0 Å². The first-order valence-corrected chi connectivity index (χ1v) is 7.21. The fourth-order valence-corrected chi connectivity index (χ4v) is 2.14. The van der Waals surface area contributed by atoms with Crippen LogP contribution in [-0.4, -0.2) is 42.1 Å². The van der Waals surface area contributed by atoms with E-state index < -0.39 is 0 Å². The molecule has 1 heterocycles. The van der Waals surface area contributed by atoms with Crippen LogP contribution in [0, 0.1) is 6.92 Å². The standard InChI is InChI=1S/C15H28N4/c1-7-9-16-15-14(11(2)3)12(4)17-13(18-15)8-10-19(5)6/h11H,7-10H2,1-6H3,(H,16,17,18). The van der Waals surface area contributed by atoms with Gasteiger partial charge in [0.05, 0.1) is 0 Å². The zero-order chi connectivity index (χ0) is 14.4. The summed E-state index contributed by atoms with van der Waals surface area (Å²) in [5.74, 6) is 2.41. The van der Waals surface area contributed by atoms with Crippen molar-refractivity contribution in [1.82, 2.24) is 14.9 Å². The predicted molar refractivity (Wildman–Crippen MR) is 81.9 cm³/mol. The molecular formula is C15H28N4. The second-order valence-corrected chi connectivity index (χ2v) is 5.62. The number of hydrogen-bond donors (Lipinski definition) is 1. The van der Waals surface area contributed by atoms with Gasteiger partial charge >= 0.3 is 0 Å². The molecular weight excluding hydrogens is 236 g/mol. The summed E-state index contributed by atoms with van der Waals surface area (Å²) in [4.78, 5) is 11.5. The van der Waals surface area contributed by atoms with E-state index in [9.17, 15) is 0 Å². The summed E-state index contributed by atoms with van der Waals surface area (Å²) in [6, 6.07) is 0. The quantitative estimate of drug-likeness (QED) is 0.822. The maximum absolute atomic E-state index is 4.72. The van der Waals surface area contributed by atoms with Crippen molar-refractivity contribution < 1.29 is 0 Å². The number of hydrogen-bond acceptors (Lipinski definition) is 4. The zero-order valence-corrected chi connectivity index (χ0v) is 13.2. The number of likely N-dealkylation sites (N-methyl/N-ethyl adjacent to an activating group) is 1. The molecule has 0 bridgehead atoms. The largest absolute Gasteiger partial charge is 0.370 e. The summed E-state index contributed by atoms with van der Waals surface area (Å²) >= 11 is 0. The lowest BCUT2D eigenvalue weighted by molar-refractivity contribution is 0.409. The van der Waals surface area contributed by atoms with E-state index >= 15 is 0 Å². The van der Waals surface area contributed by atoms with Crippen LogP contribution in [0.4, 0.5) is 5.82 Å². The van der Waals surface area contributed by atoms with E-state index in [1.54, 1.807) is 0 Å². The summed E-state index contributed by atoms with van der Waals surface area (Å²) < 4.78 is 0. The molecule has 0 fully saturated rings. The Bertz CT molecular complexity index is 399. The predicted octanol–water partition coefficient (Wildman–Crippen LogP) is 2.83. The highest BCUT2D eigenvalue weighted by molar-refractivity contribution is 5.48. The van der Waals surface area contributed by atoms with E-state index in [0.717, 1.165) is 43.3 Å². The van der Waals surface area contributed by atoms with E-state index in [4.69, 9.17) is 4.98 Å². The summed E-state index contributed by atoms with van der Waals surface area (Å²) in [5.41, 5.74) is 2.36. The maximum Gasteiger partial charge on any atom is 0.133 e. The SMILES string of the molecule is CCCNc1nc(CCN(C)C)nc(C)c1C(C)C. The second-order valence-electron chi connectivity index (χ2n) is 5.62. The van der Waals surface area contributed by atoms with Crippen molar-refractivity contribution in [2.45, 2.75) is 46.5 Å². The van der Waals surface area contributed by atoms with Gasteiger partial charge in [0.15, 0.2) is 0 Å². The number of aryl methyl sites for hydroxylation is 1. The maximum atomic E-state index is 4.72. The van der Waals surface area contributed by atoms with Gasteiger partial charge in [-0.2, -0.15) is 0 Å². The van der Waals surface area contributed by atoms with Crippen LogP contribution >= 0.6 is 0 Å². The number of nitrogens with zero attached hydrogens (tertiary/aromatic N) is 3. The third kappa shape index (κ3) is 4.78. The van der Waals surface area contributed by atoms with Gasteiger partial charge in [0.2, 0.25) is 0 Å². The van der Waals surface area contributed by atoms with Crippen molar-refractivity contribution in [3.8, 4) is 0 Å². The average Bonchev–Trinajstić information content (AvgIpc) is 2.32. The lowest BCUT2D eigenvalue weighted by Gasteiger charge is -2.17. The molecule has 1 N–H and O–H groups in total. The van der Waals surface area contributed by atoms with Gasteiger partial charge < -0.3 is 10.2 Å². The highest BCUT2D eigenvalue weighted by Gasteiger charge is 2.14. The van der Waals surface area contributed by atoms with Crippen molar-refractivity contribution in [3.63, 3.8) is 0 Å². The van der Waals surface area contributed by atoms with Crippen LogP contribution in [0.1, 0.15) is 50.2 Å². The number of rotatable bonds is 7. The Morgan fingerprint density at radius 2 is 1.89 bits per heavy atom. The lowest BCUT2D eigenvalue weighted by Crippen LogP contribution is -2.18. The molecule has 0 aliphatic rings. The third-order valence-electron chi connectivity index (χ3n) is 3.08. The molecule has 19 heavy (non-hydrogen) atoms. The van der Waals surface area contributed by atoms with Gasteiger partial charge in [-0.15, -0.1) is 0 Å². The van der Waals surface area contributed by atoms with Crippen LogP contribution in [-0.2, 0) is 6.42 Å². The van der Waals surface area contributed by atoms with E-state index in [1.807, 2.05) is 0 Å². The van der Waals surface area contributed by atoms with Gasteiger partial charge in [-0.05, 0) is 33.4 Å². The Morgan fingerprint density at radius 3 is 2.42 bits per heavy atom. The van der Waals surface area contributed by atoms with Crippen LogP contribution in [0.5, 0.6) is 0 Å². The average molecular weight is 264 g/mol. The number of nitrogens with one attached hydrogen (secondary N) is 1. The highest BCUT2D eigenvalue weighted by atomic mass is 15.1. The Balaban J connectivity index is 3.00. The summed E-state index contributed by atoms with van der Waals surface area (Å²) in [6.45, 7) is 10.6. The smallest absolute Gasteiger partial charge is 0.133 e. The Hall–Kier alpha value is -1.16. The molecule has 0 saturated carbocycles. The third-order valence-corrected chi connectivity index (χ3v) is 3.08. The highest BCUT2D eigenvalue weighted by Crippen LogP contribution is 2.25. The van der Waals surface area contributed by atoms with Crippen LogP contribution in [0.15, 0.2) is 0 Å². The van der Waals surface area contributed by atoms with Crippen LogP contribution in [0.2, 0.25) is 0 Å². The molecule has 0 aliphatic heterocycles. The first-order chi connectivity index (χ1) is 8.95. The molecule has 0 spiro atoms. The number of aromatic nitrogens is 2. The first-order valence-electron chi connectivity index (χ1n) is 7.21. The minimum absolute atomic E-state index is 0.447. The van der Waals surface area contributed by atoms with E-state index in [-0.39, 0.29) is 0 Å². The molecule has 0 atom stereocenters. The topological polar surface area (TPSA) is 41.1 Å². The summed E-state index contributed by atoms with van der Waals surface area (Å²) in [6.07, 6.45) is 2.00. The normalized spacial score (nSPS) is 11.4. The molecule has 0 aromatic carbocycles. The Labute approximate surface area is 117 Å². The number of anilines is 1. The monoisotopic (exact) mass is 264 g/mol. The molecule has 1 aromatic rings. The lowest BCUT2D eigenvalue weighted by atomic mass is 10.0. The van der Waals surface area contributed by atoms with Gasteiger partial charge in [-0.25, -0.2) is 9.97 Å². The molecule has 0 saturated heterocycles. The first kappa shape index (κ1) is 15.9. The summed E-state index contributed by atoms with van der Waals surface area (Å²) in [7, 11) is 4.15. The van der Waals surface area contributed by atoms with Crippen LogP contribution in [0.3, 0.4) is 0 Å². The fourth-order valence-electron chi connectivity index (χ4n) is 2.14. The molecule has 108 valence electrons. The van der Waals surface area contributed by atoms with Crippen molar-refractivity contribution in [3.05, 3.63) is 17.1 Å². The van der Waals surface area contributed by atoms with Crippen LogP contribution < -0.4 is 5.32 Å². The molecule has 1 rings (SSSR count). The fraction of sp³-hybridized carbons (Fsp3) is 0.733. The van der Waals surface area contributed by atoms with Crippen molar-refractivity contribution in [1.29, 1.82) is 0 Å².